The number of rotatable bonds is 4. The topological polar surface area (TPSA) is 50.1 Å². The van der Waals surface area contributed by atoms with Gasteiger partial charge >= 0.3 is 0 Å². The van der Waals surface area contributed by atoms with Gasteiger partial charge < -0.3 is 4.74 Å². The van der Waals surface area contributed by atoms with E-state index in [2.05, 4.69) is 6.07 Å². The van der Waals surface area contributed by atoms with E-state index in [0.29, 0.717) is 32.2 Å². The Balaban J connectivity index is 2.10. The zero-order chi connectivity index (χ0) is 17.8. The third-order valence-electron chi connectivity index (χ3n) is 3.74. The molecule has 0 fully saturated rings. The molecule has 3 nitrogen and oxygen atoms in total. The van der Waals surface area contributed by atoms with Gasteiger partial charge in [-0.05, 0) is 65.7 Å². The van der Waals surface area contributed by atoms with Crippen LogP contribution in [0.15, 0.2) is 76.5 Å². The van der Waals surface area contributed by atoms with E-state index in [1.165, 1.54) is 12.1 Å². The van der Waals surface area contributed by atoms with Crippen molar-refractivity contribution in [2.75, 3.05) is 7.11 Å². The molecule has 0 heterocycles. The fourth-order valence-electron chi connectivity index (χ4n) is 2.44. The molecular weight excluding hydrogens is 337 g/mol. The second kappa shape index (κ2) is 7.29. The highest BCUT2D eigenvalue weighted by molar-refractivity contribution is 7.85. The first-order chi connectivity index (χ1) is 12.1. The molecule has 0 amide bonds. The van der Waals surface area contributed by atoms with E-state index in [-0.39, 0.29) is 5.82 Å². The fourth-order valence-corrected chi connectivity index (χ4v) is 3.65. The van der Waals surface area contributed by atoms with Crippen molar-refractivity contribution in [1.82, 2.24) is 0 Å². The maximum Gasteiger partial charge on any atom is 0.123 e. The smallest absolute Gasteiger partial charge is 0.123 e. The molecule has 0 aliphatic heterocycles. The van der Waals surface area contributed by atoms with Gasteiger partial charge in [0, 0.05) is 4.90 Å². The Bertz CT molecular complexity index is 960. The minimum atomic E-state index is -1.44. The van der Waals surface area contributed by atoms with Gasteiger partial charge in [-0.2, -0.15) is 5.26 Å². The molecule has 3 aromatic carbocycles. The maximum atomic E-state index is 13.2. The molecular formula is C20H14FNO2S. The highest BCUT2D eigenvalue weighted by Crippen LogP contribution is 2.31. The standard InChI is InChI=1S/C20H14FNO2S/c1-24-17-7-9-18(10-8-17)25(23)20-11-2-14(13-22)12-19(20)15-3-5-16(21)6-4-15/h2-12H,1H3. The summed E-state index contributed by atoms with van der Waals surface area (Å²) in [5.41, 5.74) is 1.80. The van der Waals surface area contributed by atoms with Gasteiger partial charge in [0.15, 0.2) is 0 Å². The van der Waals surface area contributed by atoms with Crippen LogP contribution in [0.1, 0.15) is 5.56 Å². The maximum absolute atomic E-state index is 13.2. The Hall–Kier alpha value is -2.97. The minimum Gasteiger partial charge on any atom is -0.497 e. The van der Waals surface area contributed by atoms with E-state index >= 15 is 0 Å². The van der Waals surface area contributed by atoms with E-state index in [9.17, 15) is 8.60 Å². The molecule has 5 heteroatoms. The summed E-state index contributed by atoms with van der Waals surface area (Å²) >= 11 is 0. The number of hydrogen-bond acceptors (Lipinski definition) is 3. The number of ether oxygens (including phenoxy) is 1. The normalized spacial score (nSPS) is 11.6. The molecule has 0 spiro atoms. The van der Waals surface area contributed by atoms with E-state index in [1.807, 2.05) is 0 Å². The summed E-state index contributed by atoms with van der Waals surface area (Å²) in [6.07, 6.45) is 0. The van der Waals surface area contributed by atoms with Crippen LogP contribution in [0.5, 0.6) is 5.75 Å². The zero-order valence-electron chi connectivity index (χ0n) is 13.4. The quantitative estimate of drug-likeness (QED) is 0.693. The Kier molecular flexibility index (Phi) is 4.92. The minimum absolute atomic E-state index is 0.349. The van der Waals surface area contributed by atoms with Gasteiger partial charge in [0.25, 0.3) is 0 Å². The van der Waals surface area contributed by atoms with Crippen molar-refractivity contribution in [3.63, 3.8) is 0 Å². The average molecular weight is 351 g/mol. The fraction of sp³-hybridized carbons (Fsp3) is 0.0500. The van der Waals surface area contributed by atoms with Crippen LogP contribution in [-0.4, -0.2) is 11.3 Å². The van der Waals surface area contributed by atoms with Crippen LogP contribution in [0.3, 0.4) is 0 Å². The molecule has 0 saturated carbocycles. The second-order valence-electron chi connectivity index (χ2n) is 5.27. The van der Waals surface area contributed by atoms with Crippen LogP contribution >= 0.6 is 0 Å². The summed E-state index contributed by atoms with van der Waals surface area (Å²) in [5.74, 6) is 0.331. The lowest BCUT2D eigenvalue weighted by Crippen LogP contribution is -1.97. The van der Waals surface area contributed by atoms with Gasteiger partial charge in [-0.3, -0.25) is 0 Å². The first-order valence-corrected chi connectivity index (χ1v) is 8.63. The lowest BCUT2D eigenvalue weighted by Gasteiger charge is -2.11. The number of methoxy groups -OCH3 is 1. The molecule has 0 aliphatic carbocycles. The molecule has 0 N–H and O–H groups in total. The Morgan fingerprint density at radius 1 is 1.00 bits per heavy atom. The van der Waals surface area contributed by atoms with Crippen molar-refractivity contribution in [2.24, 2.45) is 0 Å². The summed E-state index contributed by atoms with van der Waals surface area (Å²) in [6, 6.07) is 19.9. The van der Waals surface area contributed by atoms with Crippen LogP contribution in [0, 0.1) is 17.1 Å². The molecule has 0 radical (unpaired) electrons. The molecule has 3 rings (SSSR count). The van der Waals surface area contributed by atoms with E-state index in [1.54, 1.807) is 61.7 Å². The summed E-state index contributed by atoms with van der Waals surface area (Å²) in [4.78, 5) is 1.18. The van der Waals surface area contributed by atoms with Gasteiger partial charge in [-0.1, -0.05) is 12.1 Å². The van der Waals surface area contributed by atoms with Crippen LogP contribution in [0.25, 0.3) is 11.1 Å². The Labute approximate surface area is 147 Å². The summed E-state index contributed by atoms with van der Waals surface area (Å²) in [6.45, 7) is 0. The Morgan fingerprint density at radius 2 is 1.68 bits per heavy atom. The SMILES string of the molecule is COc1ccc(S(=O)c2ccc(C#N)cc2-c2ccc(F)cc2)cc1. The van der Waals surface area contributed by atoms with Crippen molar-refractivity contribution in [3.05, 3.63) is 78.1 Å². The summed E-state index contributed by atoms with van der Waals surface area (Å²) in [7, 11) is 0.125. The van der Waals surface area contributed by atoms with Crippen molar-refractivity contribution in [1.29, 1.82) is 5.26 Å². The van der Waals surface area contributed by atoms with E-state index in [4.69, 9.17) is 10.00 Å². The van der Waals surface area contributed by atoms with E-state index in [0.717, 1.165) is 0 Å². The number of nitriles is 1. The average Bonchev–Trinajstić information content (AvgIpc) is 2.67. The summed E-state index contributed by atoms with van der Waals surface area (Å²) in [5, 5.41) is 9.16. The Morgan fingerprint density at radius 3 is 2.28 bits per heavy atom. The molecule has 1 atom stereocenters. The predicted molar refractivity (Wildman–Crippen MR) is 94.2 cm³/mol. The molecule has 0 aromatic heterocycles. The van der Waals surface area contributed by atoms with Gasteiger partial charge in [0.1, 0.15) is 11.6 Å². The first kappa shape index (κ1) is 16.9. The van der Waals surface area contributed by atoms with Crippen molar-refractivity contribution < 1.29 is 13.3 Å². The number of nitrogens with zero attached hydrogens (tertiary/aromatic N) is 1. The highest BCUT2D eigenvalue weighted by Gasteiger charge is 2.15. The van der Waals surface area contributed by atoms with Crippen molar-refractivity contribution in [2.45, 2.75) is 9.79 Å². The zero-order valence-corrected chi connectivity index (χ0v) is 14.2. The molecule has 1 unspecified atom stereocenters. The molecule has 0 bridgehead atoms. The number of hydrogen-bond donors (Lipinski definition) is 0. The summed E-state index contributed by atoms with van der Waals surface area (Å²) < 4.78 is 31.4. The van der Waals surface area contributed by atoms with Crippen molar-refractivity contribution >= 4 is 10.8 Å². The highest BCUT2D eigenvalue weighted by atomic mass is 32.2. The van der Waals surface area contributed by atoms with Crippen molar-refractivity contribution in [3.8, 4) is 22.9 Å². The first-order valence-electron chi connectivity index (χ1n) is 7.48. The number of halogens is 1. The molecule has 25 heavy (non-hydrogen) atoms. The monoisotopic (exact) mass is 351 g/mol. The van der Waals surface area contributed by atoms with Crippen LogP contribution in [0.4, 0.5) is 4.39 Å². The molecule has 0 saturated heterocycles. The van der Waals surface area contributed by atoms with Crippen LogP contribution in [0.2, 0.25) is 0 Å². The lowest BCUT2D eigenvalue weighted by atomic mass is 10.0. The van der Waals surface area contributed by atoms with Gasteiger partial charge in [-0.15, -0.1) is 0 Å². The lowest BCUT2D eigenvalue weighted by molar-refractivity contribution is 0.414. The van der Waals surface area contributed by atoms with Crippen LogP contribution in [-0.2, 0) is 10.8 Å². The third kappa shape index (κ3) is 3.59. The molecule has 0 aliphatic rings. The second-order valence-corrected chi connectivity index (χ2v) is 6.72. The molecule has 3 aromatic rings. The molecule has 124 valence electrons. The van der Waals surface area contributed by atoms with Gasteiger partial charge in [0.2, 0.25) is 0 Å². The van der Waals surface area contributed by atoms with Gasteiger partial charge in [-0.25, -0.2) is 8.60 Å². The third-order valence-corrected chi connectivity index (χ3v) is 5.19. The predicted octanol–water partition coefficient (Wildman–Crippen LogP) is 4.54. The number of benzene rings is 3. The largest absolute Gasteiger partial charge is 0.497 e. The van der Waals surface area contributed by atoms with Gasteiger partial charge in [0.05, 0.1) is 34.4 Å². The van der Waals surface area contributed by atoms with Crippen LogP contribution < -0.4 is 4.74 Å². The van der Waals surface area contributed by atoms with E-state index < -0.39 is 10.8 Å².